The Hall–Kier alpha value is -0.900. The third-order valence-electron chi connectivity index (χ3n) is 4.44. The normalized spacial score (nSPS) is 22.9. The number of nitrogens with zero attached hydrogens (tertiary/aromatic N) is 2. The average molecular weight is 275 g/mol. The van der Waals surface area contributed by atoms with E-state index in [1.807, 2.05) is 0 Å². The van der Waals surface area contributed by atoms with Gasteiger partial charge in [0.15, 0.2) is 0 Å². The standard InChI is InChI=1S/C17H29N3/c1-4-16(12-15-8-6-5-7-9-15)18-13-17-14-19(2)10-11-20(17)3/h5-9,16-18H,4,10-14H2,1-3H3. The van der Waals surface area contributed by atoms with Gasteiger partial charge in [-0.15, -0.1) is 0 Å². The number of likely N-dealkylation sites (N-methyl/N-ethyl adjacent to an activating group) is 2. The van der Waals surface area contributed by atoms with E-state index in [0.29, 0.717) is 12.1 Å². The van der Waals surface area contributed by atoms with Crippen LogP contribution in [0, 0.1) is 0 Å². The molecule has 2 unspecified atom stereocenters. The van der Waals surface area contributed by atoms with Gasteiger partial charge in [-0.2, -0.15) is 0 Å². The minimum Gasteiger partial charge on any atom is -0.312 e. The van der Waals surface area contributed by atoms with E-state index < -0.39 is 0 Å². The number of rotatable bonds is 6. The molecule has 0 aliphatic carbocycles. The highest BCUT2D eigenvalue weighted by Crippen LogP contribution is 2.08. The van der Waals surface area contributed by atoms with E-state index in [0.717, 1.165) is 13.0 Å². The molecular formula is C17H29N3. The zero-order valence-electron chi connectivity index (χ0n) is 13.2. The van der Waals surface area contributed by atoms with Gasteiger partial charge in [-0.3, -0.25) is 4.90 Å². The molecule has 1 fully saturated rings. The summed E-state index contributed by atoms with van der Waals surface area (Å²) in [6.45, 7) is 6.90. The van der Waals surface area contributed by atoms with Crippen molar-refractivity contribution < 1.29 is 0 Å². The maximum atomic E-state index is 3.77. The van der Waals surface area contributed by atoms with Crippen LogP contribution in [0.2, 0.25) is 0 Å². The summed E-state index contributed by atoms with van der Waals surface area (Å²) in [5.74, 6) is 0. The minimum absolute atomic E-state index is 0.582. The van der Waals surface area contributed by atoms with E-state index in [1.165, 1.54) is 31.6 Å². The van der Waals surface area contributed by atoms with Gasteiger partial charge in [0.05, 0.1) is 0 Å². The van der Waals surface area contributed by atoms with Crippen molar-refractivity contribution in [2.75, 3.05) is 40.3 Å². The molecule has 1 aromatic rings. The molecule has 0 amide bonds. The van der Waals surface area contributed by atoms with Crippen LogP contribution in [-0.4, -0.2) is 62.2 Å². The Kier molecular flexibility index (Phi) is 6.02. The smallest absolute Gasteiger partial charge is 0.0345 e. The second kappa shape index (κ2) is 7.77. The van der Waals surface area contributed by atoms with E-state index in [4.69, 9.17) is 0 Å². The quantitative estimate of drug-likeness (QED) is 0.855. The molecular weight excluding hydrogens is 246 g/mol. The molecule has 112 valence electrons. The molecule has 0 radical (unpaired) electrons. The summed E-state index contributed by atoms with van der Waals surface area (Å²) in [5.41, 5.74) is 1.43. The Bertz CT molecular complexity index is 379. The molecule has 1 aliphatic heterocycles. The second-order valence-corrected chi connectivity index (χ2v) is 6.10. The molecule has 1 saturated heterocycles. The maximum Gasteiger partial charge on any atom is 0.0345 e. The maximum absolute atomic E-state index is 3.77. The molecule has 0 aromatic heterocycles. The number of piperazine rings is 1. The molecule has 0 spiro atoms. The van der Waals surface area contributed by atoms with Crippen molar-refractivity contribution in [3.05, 3.63) is 35.9 Å². The molecule has 20 heavy (non-hydrogen) atoms. The first-order valence-electron chi connectivity index (χ1n) is 7.85. The van der Waals surface area contributed by atoms with Crippen LogP contribution >= 0.6 is 0 Å². The molecule has 1 N–H and O–H groups in total. The summed E-state index contributed by atoms with van der Waals surface area (Å²) < 4.78 is 0. The number of hydrogen-bond donors (Lipinski definition) is 1. The van der Waals surface area contributed by atoms with Gasteiger partial charge in [0, 0.05) is 38.3 Å². The fourth-order valence-electron chi connectivity index (χ4n) is 2.88. The highest BCUT2D eigenvalue weighted by atomic mass is 15.3. The average Bonchev–Trinajstić information content (AvgIpc) is 2.47. The van der Waals surface area contributed by atoms with Crippen molar-refractivity contribution in [3.8, 4) is 0 Å². The lowest BCUT2D eigenvalue weighted by atomic mass is 10.0. The summed E-state index contributed by atoms with van der Waals surface area (Å²) in [5, 5.41) is 3.77. The minimum atomic E-state index is 0.582. The lowest BCUT2D eigenvalue weighted by molar-refractivity contribution is 0.111. The Morgan fingerprint density at radius 1 is 1.20 bits per heavy atom. The molecule has 1 aromatic carbocycles. The van der Waals surface area contributed by atoms with E-state index in [1.54, 1.807) is 0 Å². The summed E-state index contributed by atoms with van der Waals surface area (Å²) in [6.07, 6.45) is 2.31. The highest BCUT2D eigenvalue weighted by molar-refractivity contribution is 5.15. The monoisotopic (exact) mass is 275 g/mol. The van der Waals surface area contributed by atoms with Crippen molar-refractivity contribution in [2.24, 2.45) is 0 Å². The largest absolute Gasteiger partial charge is 0.312 e. The van der Waals surface area contributed by atoms with Gasteiger partial charge < -0.3 is 10.2 Å². The predicted octanol–water partition coefficient (Wildman–Crippen LogP) is 1.84. The highest BCUT2D eigenvalue weighted by Gasteiger charge is 2.22. The summed E-state index contributed by atoms with van der Waals surface area (Å²) >= 11 is 0. The summed E-state index contributed by atoms with van der Waals surface area (Å²) in [7, 11) is 4.47. The van der Waals surface area contributed by atoms with Crippen molar-refractivity contribution >= 4 is 0 Å². The molecule has 1 aliphatic rings. The lowest BCUT2D eigenvalue weighted by Gasteiger charge is -2.38. The number of benzene rings is 1. The van der Waals surface area contributed by atoms with E-state index in [2.05, 4.69) is 66.5 Å². The van der Waals surface area contributed by atoms with Gasteiger partial charge in [0.25, 0.3) is 0 Å². The Morgan fingerprint density at radius 3 is 2.65 bits per heavy atom. The van der Waals surface area contributed by atoms with Crippen LogP contribution in [0.15, 0.2) is 30.3 Å². The third-order valence-corrected chi connectivity index (χ3v) is 4.44. The third kappa shape index (κ3) is 4.58. The molecule has 0 bridgehead atoms. The number of nitrogens with one attached hydrogen (secondary N) is 1. The fraction of sp³-hybridized carbons (Fsp3) is 0.647. The van der Waals surface area contributed by atoms with E-state index >= 15 is 0 Å². The summed E-state index contributed by atoms with van der Waals surface area (Å²) in [6, 6.07) is 12.0. The fourth-order valence-corrected chi connectivity index (χ4v) is 2.88. The van der Waals surface area contributed by atoms with Crippen LogP contribution < -0.4 is 5.32 Å². The molecule has 2 atom stereocenters. The first kappa shape index (κ1) is 15.5. The van der Waals surface area contributed by atoms with Crippen molar-refractivity contribution in [2.45, 2.75) is 31.8 Å². The van der Waals surface area contributed by atoms with Gasteiger partial charge in [-0.1, -0.05) is 37.3 Å². The van der Waals surface area contributed by atoms with Crippen LogP contribution in [-0.2, 0) is 6.42 Å². The Balaban J connectivity index is 1.81. The lowest BCUT2D eigenvalue weighted by Crippen LogP contribution is -2.54. The van der Waals surface area contributed by atoms with Gasteiger partial charge in [-0.25, -0.2) is 0 Å². The molecule has 3 nitrogen and oxygen atoms in total. The van der Waals surface area contributed by atoms with Crippen LogP contribution in [0.3, 0.4) is 0 Å². The van der Waals surface area contributed by atoms with Crippen molar-refractivity contribution in [3.63, 3.8) is 0 Å². The van der Waals surface area contributed by atoms with Crippen molar-refractivity contribution in [1.82, 2.24) is 15.1 Å². The van der Waals surface area contributed by atoms with Crippen LogP contribution in [0.5, 0.6) is 0 Å². The van der Waals surface area contributed by atoms with Gasteiger partial charge >= 0.3 is 0 Å². The van der Waals surface area contributed by atoms with E-state index in [-0.39, 0.29) is 0 Å². The molecule has 3 heteroatoms. The van der Waals surface area contributed by atoms with E-state index in [9.17, 15) is 0 Å². The molecule has 0 saturated carbocycles. The SMILES string of the molecule is CCC(Cc1ccccc1)NCC1CN(C)CCN1C. The zero-order chi connectivity index (χ0) is 14.4. The number of hydrogen-bond acceptors (Lipinski definition) is 3. The molecule has 2 rings (SSSR count). The topological polar surface area (TPSA) is 18.5 Å². The summed E-state index contributed by atoms with van der Waals surface area (Å²) in [4.78, 5) is 4.92. The first-order chi connectivity index (χ1) is 9.69. The Morgan fingerprint density at radius 2 is 1.95 bits per heavy atom. The Labute approximate surface area is 124 Å². The van der Waals surface area contributed by atoms with Crippen LogP contribution in [0.1, 0.15) is 18.9 Å². The van der Waals surface area contributed by atoms with Gasteiger partial charge in [0.1, 0.15) is 0 Å². The van der Waals surface area contributed by atoms with Crippen LogP contribution in [0.25, 0.3) is 0 Å². The van der Waals surface area contributed by atoms with Crippen molar-refractivity contribution in [1.29, 1.82) is 0 Å². The first-order valence-corrected chi connectivity index (χ1v) is 7.85. The van der Waals surface area contributed by atoms with Gasteiger partial charge in [0.2, 0.25) is 0 Å². The van der Waals surface area contributed by atoms with Crippen LogP contribution in [0.4, 0.5) is 0 Å². The zero-order valence-corrected chi connectivity index (χ0v) is 13.2. The predicted molar refractivity (Wildman–Crippen MR) is 86.1 cm³/mol. The molecule has 1 heterocycles. The van der Waals surface area contributed by atoms with Gasteiger partial charge in [-0.05, 0) is 32.5 Å². The second-order valence-electron chi connectivity index (χ2n) is 6.10.